The Morgan fingerprint density at radius 2 is 2.18 bits per heavy atom. The van der Waals surface area contributed by atoms with Gasteiger partial charge >= 0.3 is 0 Å². The zero-order valence-corrected chi connectivity index (χ0v) is 10.8. The molecule has 92 valence electrons. The van der Waals surface area contributed by atoms with E-state index in [9.17, 15) is 4.79 Å². The van der Waals surface area contributed by atoms with Gasteiger partial charge < -0.3 is 5.32 Å². The average Bonchev–Trinajstić information content (AvgIpc) is 3.13. The molecule has 0 aliphatic heterocycles. The molecule has 1 atom stereocenters. The highest BCUT2D eigenvalue weighted by Crippen LogP contribution is 2.35. The van der Waals surface area contributed by atoms with E-state index in [1.807, 2.05) is 31.2 Å². The van der Waals surface area contributed by atoms with Crippen LogP contribution in [-0.2, 0) is 11.2 Å². The second kappa shape index (κ2) is 5.54. The third kappa shape index (κ3) is 3.74. The molecule has 1 aliphatic carbocycles. The Balaban J connectivity index is 1.78. The lowest BCUT2D eigenvalue weighted by Gasteiger charge is -2.10. The maximum Gasteiger partial charge on any atom is 0.224 e. The van der Waals surface area contributed by atoms with Crippen LogP contribution < -0.4 is 5.32 Å². The van der Waals surface area contributed by atoms with Crippen LogP contribution >= 0.6 is 11.6 Å². The van der Waals surface area contributed by atoms with E-state index in [1.165, 1.54) is 12.8 Å². The monoisotopic (exact) mass is 251 g/mol. The first-order chi connectivity index (χ1) is 8.16. The lowest BCUT2D eigenvalue weighted by atomic mass is 10.1. The Labute approximate surface area is 107 Å². The molecule has 0 aromatic heterocycles. The van der Waals surface area contributed by atoms with E-state index in [4.69, 9.17) is 11.6 Å². The van der Waals surface area contributed by atoms with Crippen LogP contribution in [0.25, 0.3) is 0 Å². The van der Waals surface area contributed by atoms with Crippen LogP contribution in [0.15, 0.2) is 24.3 Å². The molecular weight excluding hydrogens is 234 g/mol. The molecular formula is C14H18ClNO. The summed E-state index contributed by atoms with van der Waals surface area (Å²) in [5.41, 5.74) is 2.25. The molecule has 0 saturated heterocycles. The highest BCUT2D eigenvalue weighted by atomic mass is 35.5. The Kier molecular flexibility index (Phi) is 4.06. The van der Waals surface area contributed by atoms with Crippen LogP contribution in [-0.4, -0.2) is 17.8 Å². The number of hydrogen-bond acceptors (Lipinski definition) is 1. The van der Waals surface area contributed by atoms with Crippen molar-refractivity contribution in [3.05, 3.63) is 35.4 Å². The third-order valence-electron chi connectivity index (χ3n) is 3.24. The van der Waals surface area contributed by atoms with Gasteiger partial charge in [0.1, 0.15) is 0 Å². The first kappa shape index (κ1) is 12.4. The van der Waals surface area contributed by atoms with Crippen LogP contribution in [0.4, 0.5) is 0 Å². The average molecular weight is 252 g/mol. The lowest BCUT2D eigenvalue weighted by Crippen LogP contribution is -2.31. The molecule has 3 heteroatoms. The SMILES string of the molecule is Cc1ccccc1CC(=O)NCC(Cl)C1CC1. The van der Waals surface area contributed by atoms with E-state index in [2.05, 4.69) is 5.32 Å². The quantitative estimate of drug-likeness (QED) is 0.801. The smallest absolute Gasteiger partial charge is 0.224 e. The summed E-state index contributed by atoms with van der Waals surface area (Å²) in [4.78, 5) is 11.7. The van der Waals surface area contributed by atoms with Crippen molar-refractivity contribution in [2.75, 3.05) is 6.54 Å². The Morgan fingerprint density at radius 3 is 2.82 bits per heavy atom. The number of carbonyl (C=O) groups excluding carboxylic acids is 1. The van der Waals surface area contributed by atoms with Crippen LogP contribution in [0.5, 0.6) is 0 Å². The van der Waals surface area contributed by atoms with Gasteiger partial charge in [0.25, 0.3) is 0 Å². The van der Waals surface area contributed by atoms with Crippen LogP contribution in [0.3, 0.4) is 0 Å². The molecule has 1 aromatic rings. The van der Waals surface area contributed by atoms with Gasteiger partial charge in [-0.2, -0.15) is 0 Å². The van der Waals surface area contributed by atoms with E-state index in [1.54, 1.807) is 0 Å². The normalized spacial score (nSPS) is 16.6. The molecule has 1 N–H and O–H groups in total. The second-order valence-corrected chi connectivity index (χ2v) is 5.32. The Bertz CT molecular complexity index is 401. The molecule has 1 aromatic carbocycles. The Morgan fingerprint density at radius 1 is 1.47 bits per heavy atom. The first-order valence-electron chi connectivity index (χ1n) is 6.12. The maximum atomic E-state index is 11.7. The molecule has 1 amide bonds. The van der Waals surface area contributed by atoms with Gasteiger partial charge in [-0.1, -0.05) is 24.3 Å². The minimum Gasteiger partial charge on any atom is -0.354 e. The van der Waals surface area contributed by atoms with Gasteiger partial charge in [0, 0.05) is 6.54 Å². The first-order valence-corrected chi connectivity index (χ1v) is 6.55. The van der Waals surface area contributed by atoms with Crippen molar-refractivity contribution in [1.82, 2.24) is 5.32 Å². The zero-order chi connectivity index (χ0) is 12.3. The highest BCUT2D eigenvalue weighted by Gasteiger charge is 2.29. The van der Waals surface area contributed by atoms with Crippen molar-refractivity contribution >= 4 is 17.5 Å². The number of amides is 1. The van der Waals surface area contributed by atoms with Gasteiger partial charge in [-0.3, -0.25) is 4.79 Å². The van der Waals surface area contributed by atoms with Crippen molar-refractivity contribution < 1.29 is 4.79 Å². The number of rotatable bonds is 5. The van der Waals surface area contributed by atoms with Crippen molar-refractivity contribution in [3.63, 3.8) is 0 Å². The number of nitrogens with one attached hydrogen (secondary N) is 1. The molecule has 0 spiro atoms. The van der Waals surface area contributed by atoms with E-state index in [-0.39, 0.29) is 11.3 Å². The molecule has 2 rings (SSSR count). The number of hydrogen-bond donors (Lipinski definition) is 1. The summed E-state index contributed by atoms with van der Waals surface area (Å²) in [6.45, 7) is 2.62. The van der Waals surface area contributed by atoms with Gasteiger partial charge in [-0.25, -0.2) is 0 Å². The molecule has 17 heavy (non-hydrogen) atoms. The largest absolute Gasteiger partial charge is 0.354 e. The minimum atomic E-state index is 0.0607. The third-order valence-corrected chi connectivity index (χ3v) is 3.75. The zero-order valence-electron chi connectivity index (χ0n) is 10.1. The molecule has 1 saturated carbocycles. The summed E-state index contributed by atoms with van der Waals surface area (Å²) in [7, 11) is 0. The number of carbonyl (C=O) groups is 1. The van der Waals surface area contributed by atoms with Gasteiger partial charge in [0.05, 0.1) is 11.8 Å². The minimum absolute atomic E-state index is 0.0607. The summed E-state index contributed by atoms with van der Waals surface area (Å²) in [5.74, 6) is 0.682. The predicted octanol–water partition coefficient (Wildman–Crippen LogP) is 2.67. The summed E-state index contributed by atoms with van der Waals surface area (Å²) in [5, 5.41) is 3.02. The van der Waals surface area contributed by atoms with Crippen molar-refractivity contribution in [2.45, 2.75) is 31.6 Å². The van der Waals surface area contributed by atoms with Gasteiger partial charge in [0.15, 0.2) is 0 Å². The predicted molar refractivity (Wildman–Crippen MR) is 70.3 cm³/mol. The number of halogens is 1. The number of aryl methyl sites for hydroxylation is 1. The van der Waals surface area contributed by atoms with E-state index in [0.29, 0.717) is 18.9 Å². The topological polar surface area (TPSA) is 29.1 Å². The van der Waals surface area contributed by atoms with Gasteiger partial charge in [0.2, 0.25) is 5.91 Å². The molecule has 1 fully saturated rings. The van der Waals surface area contributed by atoms with Crippen LogP contribution in [0.2, 0.25) is 0 Å². The van der Waals surface area contributed by atoms with Crippen molar-refractivity contribution in [3.8, 4) is 0 Å². The van der Waals surface area contributed by atoms with Gasteiger partial charge in [-0.05, 0) is 36.8 Å². The molecule has 0 bridgehead atoms. The summed E-state index contributed by atoms with van der Waals surface area (Å²) in [6, 6.07) is 7.97. The molecule has 2 nitrogen and oxygen atoms in total. The van der Waals surface area contributed by atoms with Gasteiger partial charge in [-0.15, -0.1) is 11.6 Å². The fraction of sp³-hybridized carbons (Fsp3) is 0.500. The number of benzene rings is 1. The van der Waals surface area contributed by atoms with Crippen molar-refractivity contribution in [1.29, 1.82) is 0 Å². The molecule has 0 heterocycles. The van der Waals surface area contributed by atoms with E-state index < -0.39 is 0 Å². The van der Waals surface area contributed by atoms with E-state index in [0.717, 1.165) is 11.1 Å². The standard InChI is InChI=1S/C14H18ClNO/c1-10-4-2-3-5-12(10)8-14(17)16-9-13(15)11-6-7-11/h2-5,11,13H,6-9H2,1H3,(H,16,17). The fourth-order valence-corrected chi connectivity index (χ4v) is 2.21. The highest BCUT2D eigenvalue weighted by molar-refractivity contribution is 6.21. The second-order valence-electron chi connectivity index (χ2n) is 4.76. The maximum absolute atomic E-state index is 11.7. The summed E-state index contributed by atoms with van der Waals surface area (Å²) < 4.78 is 0. The molecule has 1 aliphatic rings. The Hall–Kier alpha value is -1.02. The lowest BCUT2D eigenvalue weighted by molar-refractivity contribution is -0.120. The summed E-state index contributed by atoms with van der Waals surface area (Å²) >= 11 is 6.14. The van der Waals surface area contributed by atoms with Crippen LogP contribution in [0.1, 0.15) is 24.0 Å². The number of alkyl halides is 1. The molecule has 1 unspecified atom stereocenters. The molecule has 0 radical (unpaired) electrons. The summed E-state index contributed by atoms with van der Waals surface area (Å²) in [6.07, 6.45) is 2.87. The van der Waals surface area contributed by atoms with Crippen LogP contribution in [0, 0.1) is 12.8 Å². The van der Waals surface area contributed by atoms with Crippen molar-refractivity contribution in [2.24, 2.45) is 5.92 Å². The fourth-order valence-electron chi connectivity index (χ4n) is 1.88. The van der Waals surface area contributed by atoms with E-state index >= 15 is 0 Å².